The van der Waals surface area contributed by atoms with Gasteiger partial charge in [0.1, 0.15) is 11.7 Å². The van der Waals surface area contributed by atoms with Gasteiger partial charge < -0.3 is 10.0 Å². The van der Waals surface area contributed by atoms with Crippen molar-refractivity contribution >= 4 is 17.7 Å². The van der Waals surface area contributed by atoms with Crippen LogP contribution in [0.25, 0.3) is 5.69 Å². The highest BCUT2D eigenvalue weighted by atomic mass is 16.3. The molecule has 0 radical (unpaired) electrons. The fraction of sp³-hybridized carbons (Fsp3) is 0.312. The van der Waals surface area contributed by atoms with E-state index in [4.69, 9.17) is 5.11 Å². The Bertz CT molecular complexity index is 890. The van der Waals surface area contributed by atoms with E-state index in [-0.39, 0.29) is 31.4 Å². The standard InChI is InChI=1S/C16H15N5O4/c22-8-9-6-21(19-18-9)12-3-1-2-10-11(12)7-20(16(10)25)13-4-5-14(23)17-15(13)24/h1-3,6,13,22H,4-5,7-8H2,(H,17,23,24). The zero-order chi connectivity index (χ0) is 17.6. The van der Waals surface area contributed by atoms with Crippen LogP contribution in [0.5, 0.6) is 0 Å². The third-order valence-corrected chi connectivity index (χ3v) is 4.51. The Labute approximate surface area is 142 Å². The quantitative estimate of drug-likeness (QED) is 0.728. The predicted molar refractivity (Wildman–Crippen MR) is 83.3 cm³/mol. The number of aliphatic hydroxyl groups excluding tert-OH is 1. The van der Waals surface area contributed by atoms with Gasteiger partial charge in [0.2, 0.25) is 11.8 Å². The number of nitrogens with one attached hydrogen (secondary N) is 1. The third-order valence-electron chi connectivity index (χ3n) is 4.51. The number of aromatic nitrogens is 3. The predicted octanol–water partition coefficient (Wildman–Crippen LogP) is -0.479. The van der Waals surface area contributed by atoms with E-state index in [0.29, 0.717) is 23.4 Å². The summed E-state index contributed by atoms with van der Waals surface area (Å²) in [5, 5.41) is 19.3. The van der Waals surface area contributed by atoms with Crippen LogP contribution in [0.2, 0.25) is 0 Å². The van der Waals surface area contributed by atoms with Crippen molar-refractivity contribution in [2.45, 2.75) is 32.0 Å². The highest BCUT2D eigenvalue weighted by molar-refractivity contribution is 6.05. The van der Waals surface area contributed by atoms with Gasteiger partial charge in [-0.15, -0.1) is 5.10 Å². The van der Waals surface area contributed by atoms with Crippen molar-refractivity contribution in [2.24, 2.45) is 0 Å². The lowest BCUT2D eigenvalue weighted by molar-refractivity contribution is -0.136. The molecule has 1 atom stereocenters. The van der Waals surface area contributed by atoms with Crippen LogP contribution in [0.15, 0.2) is 24.4 Å². The van der Waals surface area contributed by atoms with Gasteiger partial charge >= 0.3 is 0 Å². The lowest BCUT2D eigenvalue weighted by Crippen LogP contribution is -2.52. The molecule has 1 unspecified atom stereocenters. The summed E-state index contributed by atoms with van der Waals surface area (Å²) in [6.07, 6.45) is 2.12. The smallest absolute Gasteiger partial charge is 0.255 e. The Morgan fingerprint density at radius 3 is 2.84 bits per heavy atom. The van der Waals surface area contributed by atoms with E-state index < -0.39 is 11.9 Å². The van der Waals surface area contributed by atoms with Crippen LogP contribution >= 0.6 is 0 Å². The van der Waals surface area contributed by atoms with Crippen molar-refractivity contribution in [1.29, 1.82) is 0 Å². The molecule has 25 heavy (non-hydrogen) atoms. The van der Waals surface area contributed by atoms with Gasteiger partial charge in [0.05, 0.1) is 18.5 Å². The Balaban J connectivity index is 1.68. The SMILES string of the molecule is O=C1CCC(N2Cc3c(cccc3-n3cc(CO)nn3)C2=O)C(=O)N1. The van der Waals surface area contributed by atoms with Gasteiger partial charge in [-0.2, -0.15) is 0 Å². The molecule has 0 aliphatic carbocycles. The second-order valence-electron chi connectivity index (χ2n) is 6.02. The monoisotopic (exact) mass is 341 g/mol. The van der Waals surface area contributed by atoms with E-state index in [1.807, 2.05) is 0 Å². The Kier molecular flexibility index (Phi) is 3.57. The zero-order valence-electron chi connectivity index (χ0n) is 13.2. The van der Waals surface area contributed by atoms with Gasteiger partial charge in [-0.1, -0.05) is 11.3 Å². The number of aliphatic hydroxyl groups is 1. The Hall–Kier alpha value is -3.07. The van der Waals surface area contributed by atoms with Gasteiger partial charge in [-0.3, -0.25) is 19.7 Å². The van der Waals surface area contributed by atoms with Crippen LogP contribution in [0.1, 0.15) is 34.5 Å². The van der Waals surface area contributed by atoms with Gasteiger partial charge in [0, 0.05) is 24.1 Å². The lowest BCUT2D eigenvalue weighted by atomic mass is 10.0. The summed E-state index contributed by atoms with van der Waals surface area (Å²) >= 11 is 0. The molecule has 0 spiro atoms. The molecule has 9 heteroatoms. The molecule has 0 bridgehead atoms. The molecule has 128 valence electrons. The minimum Gasteiger partial charge on any atom is -0.390 e. The Morgan fingerprint density at radius 2 is 2.12 bits per heavy atom. The summed E-state index contributed by atoms with van der Waals surface area (Å²) in [5.41, 5.74) is 2.34. The van der Waals surface area contributed by atoms with Crippen LogP contribution in [-0.2, 0) is 22.7 Å². The molecule has 0 saturated carbocycles. The molecule has 4 rings (SSSR count). The van der Waals surface area contributed by atoms with Crippen LogP contribution in [0.3, 0.4) is 0 Å². The third kappa shape index (κ3) is 2.49. The number of fused-ring (bicyclic) bond motifs is 1. The van der Waals surface area contributed by atoms with Crippen molar-refractivity contribution in [3.8, 4) is 5.69 Å². The Morgan fingerprint density at radius 1 is 1.28 bits per heavy atom. The van der Waals surface area contributed by atoms with E-state index in [1.165, 1.54) is 9.58 Å². The summed E-state index contributed by atoms with van der Waals surface area (Å²) in [6.45, 7) is 0.0291. The molecule has 9 nitrogen and oxygen atoms in total. The molecule has 1 aromatic carbocycles. The lowest BCUT2D eigenvalue weighted by Gasteiger charge is -2.29. The summed E-state index contributed by atoms with van der Waals surface area (Å²) in [5.74, 6) is -0.999. The number of amides is 3. The van der Waals surface area contributed by atoms with Crippen molar-refractivity contribution in [2.75, 3.05) is 0 Å². The summed E-state index contributed by atoms with van der Waals surface area (Å²) in [7, 11) is 0. The van der Waals surface area contributed by atoms with E-state index in [9.17, 15) is 14.4 Å². The van der Waals surface area contributed by atoms with Crippen LogP contribution in [0, 0.1) is 0 Å². The van der Waals surface area contributed by atoms with E-state index in [1.54, 1.807) is 24.4 Å². The topological polar surface area (TPSA) is 117 Å². The van der Waals surface area contributed by atoms with Crippen molar-refractivity contribution in [3.05, 3.63) is 41.2 Å². The van der Waals surface area contributed by atoms with Crippen molar-refractivity contribution < 1.29 is 19.5 Å². The van der Waals surface area contributed by atoms with Crippen LogP contribution in [0.4, 0.5) is 0 Å². The van der Waals surface area contributed by atoms with Gasteiger partial charge in [0.15, 0.2) is 0 Å². The fourth-order valence-electron chi connectivity index (χ4n) is 3.27. The summed E-state index contributed by atoms with van der Waals surface area (Å²) in [6, 6.07) is 4.59. The maximum absolute atomic E-state index is 12.7. The molecule has 2 N–H and O–H groups in total. The first-order valence-corrected chi connectivity index (χ1v) is 7.87. The number of benzene rings is 1. The number of hydrogen-bond acceptors (Lipinski definition) is 6. The maximum atomic E-state index is 12.7. The molecule has 1 aromatic heterocycles. The number of carbonyl (C=O) groups excluding carboxylic acids is 3. The van der Waals surface area contributed by atoms with Crippen LogP contribution < -0.4 is 5.32 Å². The van der Waals surface area contributed by atoms with E-state index >= 15 is 0 Å². The molecule has 2 aliphatic rings. The molecule has 1 saturated heterocycles. The van der Waals surface area contributed by atoms with Gasteiger partial charge in [-0.25, -0.2) is 4.68 Å². The van der Waals surface area contributed by atoms with Crippen molar-refractivity contribution in [1.82, 2.24) is 25.2 Å². The second-order valence-corrected chi connectivity index (χ2v) is 6.02. The molecule has 3 amide bonds. The van der Waals surface area contributed by atoms with Crippen LogP contribution in [-0.4, -0.2) is 48.8 Å². The molecule has 3 heterocycles. The van der Waals surface area contributed by atoms with E-state index in [2.05, 4.69) is 15.6 Å². The average molecular weight is 341 g/mol. The summed E-state index contributed by atoms with van der Waals surface area (Å²) < 4.78 is 1.51. The van der Waals surface area contributed by atoms with Crippen molar-refractivity contribution in [3.63, 3.8) is 0 Å². The zero-order valence-corrected chi connectivity index (χ0v) is 13.2. The highest BCUT2D eigenvalue weighted by Crippen LogP contribution is 2.31. The minimum absolute atomic E-state index is 0.215. The first-order valence-electron chi connectivity index (χ1n) is 7.87. The van der Waals surface area contributed by atoms with Gasteiger partial charge in [-0.05, 0) is 18.6 Å². The molecular formula is C16H15N5O4. The molecule has 1 fully saturated rings. The van der Waals surface area contributed by atoms with Gasteiger partial charge in [0.25, 0.3) is 5.91 Å². The second kappa shape index (κ2) is 5.78. The first kappa shape index (κ1) is 15.5. The number of rotatable bonds is 3. The normalized spacial score (nSPS) is 20.0. The fourth-order valence-corrected chi connectivity index (χ4v) is 3.27. The molecule has 2 aliphatic heterocycles. The molecule has 2 aromatic rings. The molecular weight excluding hydrogens is 326 g/mol. The minimum atomic E-state index is -0.658. The average Bonchev–Trinajstić information content (AvgIpc) is 3.20. The number of nitrogens with zero attached hydrogens (tertiary/aromatic N) is 4. The number of imide groups is 1. The highest BCUT2D eigenvalue weighted by Gasteiger charge is 2.40. The number of carbonyl (C=O) groups is 3. The number of hydrogen-bond donors (Lipinski definition) is 2. The summed E-state index contributed by atoms with van der Waals surface area (Å²) in [4.78, 5) is 37.7. The van der Waals surface area contributed by atoms with E-state index in [0.717, 1.165) is 5.56 Å². The first-order chi connectivity index (χ1) is 12.1. The maximum Gasteiger partial charge on any atom is 0.255 e. The number of piperidine rings is 1. The largest absolute Gasteiger partial charge is 0.390 e.